The first kappa shape index (κ1) is 19.6. The first-order valence-electron chi connectivity index (χ1n) is 6.98. The second-order valence-corrected chi connectivity index (χ2v) is 4.22. The van der Waals surface area contributed by atoms with E-state index in [1.54, 1.807) is 13.8 Å². The highest BCUT2D eigenvalue weighted by Crippen LogP contribution is 1.98. The molecule has 0 aliphatic heterocycles. The van der Waals surface area contributed by atoms with Crippen molar-refractivity contribution in [3.8, 4) is 0 Å². The van der Waals surface area contributed by atoms with E-state index in [1.807, 2.05) is 0 Å². The maximum atomic E-state index is 11.6. The highest BCUT2D eigenvalue weighted by atomic mass is 16.5. The van der Waals surface area contributed by atoms with Crippen molar-refractivity contribution in [1.29, 1.82) is 0 Å². The number of nitrogens with two attached hydrogens (primary N) is 1. The standard InChI is InChI=1S/C14H22N2O6/c1-3-21-12(18)7-5-6-10(14(15)20)16-11(17)8-9-13(19)22-4-2/h5,7,10H,3-4,6,8-9H2,1-2H3,(H2,15,20)(H,16,17)/b7-5+/t10-/m0/s1. The van der Waals surface area contributed by atoms with Crippen molar-refractivity contribution in [2.45, 2.75) is 39.2 Å². The van der Waals surface area contributed by atoms with Gasteiger partial charge in [-0.1, -0.05) is 6.08 Å². The maximum Gasteiger partial charge on any atom is 0.330 e. The fraction of sp³-hybridized carbons (Fsp3) is 0.571. The Morgan fingerprint density at radius 3 is 2.27 bits per heavy atom. The number of nitrogens with one attached hydrogen (secondary N) is 1. The Bertz CT molecular complexity index is 433. The number of amides is 2. The van der Waals surface area contributed by atoms with E-state index < -0.39 is 29.8 Å². The quantitative estimate of drug-likeness (QED) is 0.425. The van der Waals surface area contributed by atoms with Gasteiger partial charge in [0.25, 0.3) is 0 Å². The van der Waals surface area contributed by atoms with Gasteiger partial charge >= 0.3 is 11.9 Å². The summed E-state index contributed by atoms with van der Waals surface area (Å²) in [7, 11) is 0. The molecule has 0 aromatic rings. The van der Waals surface area contributed by atoms with Crippen molar-refractivity contribution in [2.24, 2.45) is 5.73 Å². The minimum atomic E-state index is -0.958. The van der Waals surface area contributed by atoms with Gasteiger partial charge in [-0.2, -0.15) is 0 Å². The molecule has 0 bridgehead atoms. The van der Waals surface area contributed by atoms with E-state index in [4.69, 9.17) is 5.73 Å². The summed E-state index contributed by atoms with van der Waals surface area (Å²) < 4.78 is 9.36. The molecule has 1 atom stereocenters. The molecule has 0 aromatic carbocycles. The molecular formula is C14H22N2O6. The predicted octanol–water partition coefficient (Wildman–Crippen LogP) is -0.191. The number of carbonyl (C=O) groups excluding carboxylic acids is 4. The summed E-state index contributed by atoms with van der Waals surface area (Å²) >= 11 is 0. The van der Waals surface area contributed by atoms with Crippen LogP contribution in [-0.2, 0) is 28.7 Å². The fourth-order valence-corrected chi connectivity index (χ4v) is 1.45. The summed E-state index contributed by atoms with van der Waals surface area (Å²) in [6.07, 6.45) is 2.41. The number of hydrogen-bond donors (Lipinski definition) is 2. The van der Waals surface area contributed by atoms with Crippen LogP contribution in [0.25, 0.3) is 0 Å². The average molecular weight is 314 g/mol. The van der Waals surface area contributed by atoms with E-state index >= 15 is 0 Å². The molecule has 124 valence electrons. The average Bonchev–Trinajstić information content (AvgIpc) is 2.44. The lowest BCUT2D eigenvalue weighted by Gasteiger charge is -2.13. The molecule has 0 heterocycles. The second kappa shape index (κ2) is 11.3. The molecule has 0 saturated carbocycles. The van der Waals surface area contributed by atoms with E-state index in [2.05, 4.69) is 14.8 Å². The van der Waals surface area contributed by atoms with E-state index in [0.717, 1.165) is 6.08 Å². The van der Waals surface area contributed by atoms with Crippen molar-refractivity contribution in [3.63, 3.8) is 0 Å². The van der Waals surface area contributed by atoms with Gasteiger partial charge in [0.1, 0.15) is 6.04 Å². The van der Waals surface area contributed by atoms with Gasteiger partial charge < -0.3 is 20.5 Å². The number of rotatable bonds is 10. The van der Waals surface area contributed by atoms with Crippen molar-refractivity contribution in [2.75, 3.05) is 13.2 Å². The Hall–Kier alpha value is -2.38. The van der Waals surface area contributed by atoms with E-state index in [1.165, 1.54) is 6.08 Å². The van der Waals surface area contributed by atoms with Crippen LogP contribution in [0.4, 0.5) is 0 Å². The van der Waals surface area contributed by atoms with Gasteiger partial charge in [-0.3, -0.25) is 14.4 Å². The van der Waals surface area contributed by atoms with E-state index in [0.29, 0.717) is 0 Å². The van der Waals surface area contributed by atoms with Crippen LogP contribution in [0.15, 0.2) is 12.2 Å². The molecule has 0 saturated heterocycles. The summed E-state index contributed by atoms with van der Waals surface area (Å²) in [6.45, 7) is 3.81. The monoisotopic (exact) mass is 314 g/mol. The molecule has 8 heteroatoms. The molecule has 0 aliphatic rings. The minimum absolute atomic E-state index is 0.0549. The van der Waals surface area contributed by atoms with Crippen LogP contribution in [0.2, 0.25) is 0 Å². The number of carbonyl (C=O) groups is 4. The summed E-state index contributed by atoms with van der Waals surface area (Å²) in [5.41, 5.74) is 5.17. The molecule has 2 amide bonds. The van der Waals surface area contributed by atoms with Crippen molar-refractivity contribution in [3.05, 3.63) is 12.2 Å². The highest BCUT2D eigenvalue weighted by molar-refractivity contribution is 5.88. The molecule has 8 nitrogen and oxygen atoms in total. The van der Waals surface area contributed by atoms with E-state index in [-0.39, 0.29) is 32.5 Å². The fourth-order valence-electron chi connectivity index (χ4n) is 1.45. The van der Waals surface area contributed by atoms with Crippen LogP contribution in [0.1, 0.15) is 33.1 Å². The summed E-state index contributed by atoms with van der Waals surface area (Å²) in [4.78, 5) is 45.1. The zero-order chi connectivity index (χ0) is 17.0. The highest BCUT2D eigenvalue weighted by Gasteiger charge is 2.17. The Kier molecular flexibility index (Phi) is 10.1. The Morgan fingerprint density at radius 1 is 1.09 bits per heavy atom. The van der Waals surface area contributed by atoms with Gasteiger partial charge in [-0.25, -0.2) is 4.79 Å². The predicted molar refractivity (Wildman–Crippen MR) is 77.4 cm³/mol. The van der Waals surface area contributed by atoms with Crippen molar-refractivity contribution in [1.82, 2.24) is 5.32 Å². The molecule has 0 aliphatic carbocycles. The lowest BCUT2D eigenvalue weighted by atomic mass is 10.1. The topological polar surface area (TPSA) is 125 Å². The van der Waals surface area contributed by atoms with Gasteiger partial charge in [0.15, 0.2) is 0 Å². The van der Waals surface area contributed by atoms with Gasteiger partial charge in [-0.05, 0) is 20.3 Å². The third-order valence-electron chi connectivity index (χ3n) is 2.45. The Morgan fingerprint density at radius 2 is 1.73 bits per heavy atom. The molecule has 0 unspecified atom stereocenters. The summed E-state index contributed by atoms with van der Waals surface area (Å²) in [6, 6.07) is -0.958. The zero-order valence-electron chi connectivity index (χ0n) is 12.8. The van der Waals surface area contributed by atoms with Crippen LogP contribution >= 0.6 is 0 Å². The van der Waals surface area contributed by atoms with Crippen molar-refractivity contribution >= 4 is 23.8 Å². The summed E-state index contributed by atoms with van der Waals surface area (Å²) in [5.74, 6) is -2.27. The van der Waals surface area contributed by atoms with Gasteiger partial charge in [0, 0.05) is 12.5 Å². The lowest BCUT2D eigenvalue weighted by Crippen LogP contribution is -2.44. The van der Waals surface area contributed by atoms with Crippen LogP contribution in [0, 0.1) is 0 Å². The largest absolute Gasteiger partial charge is 0.466 e. The Labute approximate surface area is 129 Å². The molecular weight excluding hydrogens is 292 g/mol. The number of esters is 2. The molecule has 0 radical (unpaired) electrons. The van der Waals surface area contributed by atoms with Crippen LogP contribution < -0.4 is 11.1 Å². The number of primary amides is 1. The van der Waals surface area contributed by atoms with E-state index in [9.17, 15) is 19.2 Å². The van der Waals surface area contributed by atoms with Gasteiger partial charge in [-0.15, -0.1) is 0 Å². The number of hydrogen-bond acceptors (Lipinski definition) is 6. The maximum absolute atomic E-state index is 11.6. The minimum Gasteiger partial charge on any atom is -0.466 e. The molecule has 0 fully saturated rings. The Balaban J connectivity index is 4.29. The smallest absolute Gasteiger partial charge is 0.330 e. The summed E-state index contributed by atoms with van der Waals surface area (Å²) in [5, 5.41) is 2.40. The molecule has 22 heavy (non-hydrogen) atoms. The SMILES string of the molecule is CCOC(=O)/C=C/C[C@H](NC(=O)CCC(=O)OCC)C(N)=O. The second-order valence-electron chi connectivity index (χ2n) is 4.22. The molecule has 3 N–H and O–H groups in total. The third kappa shape index (κ3) is 9.51. The molecule has 0 spiro atoms. The molecule has 0 rings (SSSR count). The first-order valence-corrected chi connectivity index (χ1v) is 6.98. The lowest BCUT2D eigenvalue weighted by molar-refractivity contribution is -0.144. The molecule has 0 aromatic heterocycles. The first-order chi connectivity index (χ1) is 10.4. The van der Waals surface area contributed by atoms with Crippen LogP contribution in [-0.4, -0.2) is 43.0 Å². The van der Waals surface area contributed by atoms with Crippen LogP contribution in [0.5, 0.6) is 0 Å². The zero-order valence-corrected chi connectivity index (χ0v) is 12.8. The van der Waals surface area contributed by atoms with Crippen molar-refractivity contribution < 1.29 is 28.7 Å². The third-order valence-corrected chi connectivity index (χ3v) is 2.45. The van der Waals surface area contributed by atoms with Gasteiger partial charge in [0.2, 0.25) is 11.8 Å². The van der Waals surface area contributed by atoms with Crippen LogP contribution in [0.3, 0.4) is 0 Å². The number of ether oxygens (including phenoxy) is 2. The van der Waals surface area contributed by atoms with Gasteiger partial charge in [0.05, 0.1) is 19.6 Å². The normalized spacial score (nSPS) is 11.7.